The lowest BCUT2D eigenvalue weighted by molar-refractivity contribution is -0.118. The molecule has 2 aromatic carbocycles. The summed E-state index contributed by atoms with van der Waals surface area (Å²) in [5.74, 6) is 0.0710. The zero-order chi connectivity index (χ0) is 17.7. The molecule has 1 N–H and O–H groups in total. The molecule has 0 heterocycles. The standard InChI is InChI=1S/C17H16BrClN2O3/c1-11(22)21(2)14-6-4-13(5-7-14)20-17(23)10-24-16-8-3-12(18)9-15(16)19/h3-9H,10H2,1-2H3,(H,20,23). The van der Waals surface area contributed by atoms with E-state index in [9.17, 15) is 9.59 Å². The minimum Gasteiger partial charge on any atom is -0.482 e. The summed E-state index contributed by atoms with van der Waals surface area (Å²) in [6.07, 6.45) is 0. The van der Waals surface area contributed by atoms with E-state index in [1.807, 2.05) is 0 Å². The number of carbonyl (C=O) groups excluding carboxylic acids is 2. The Bertz CT molecular complexity index is 750. The van der Waals surface area contributed by atoms with Crippen molar-refractivity contribution in [3.63, 3.8) is 0 Å². The Labute approximate surface area is 153 Å². The fraction of sp³-hybridized carbons (Fsp3) is 0.176. The molecular formula is C17H16BrClN2O3. The van der Waals surface area contributed by atoms with Crippen molar-refractivity contribution in [3.05, 3.63) is 52.0 Å². The van der Waals surface area contributed by atoms with Crippen molar-refractivity contribution in [1.82, 2.24) is 0 Å². The zero-order valence-corrected chi connectivity index (χ0v) is 15.5. The van der Waals surface area contributed by atoms with Gasteiger partial charge in [-0.25, -0.2) is 0 Å². The Kier molecular flexibility index (Phi) is 6.23. The van der Waals surface area contributed by atoms with Gasteiger partial charge in [0.1, 0.15) is 5.75 Å². The van der Waals surface area contributed by atoms with E-state index in [4.69, 9.17) is 16.3 Å². The largest absolute Gasteiger partial charge is 0.482 e. The molecule has 7 heteroatoms. The summed E-state index contributed by atoms with van der Waals surface area (Å²) in [6, 6.07) is 12.1. The van der Waals surface area contributed by atoms with E-state index in [2.05, 4.69) is 21.2 Å². The number of rotatable bonds is 5. The van der Waals surface area contributed by atoms with E-state index in [0.29, 0.717) is 16.5 Å². The van der Waals surface area contributed by atoms with E-state index >= 15 is 0 Å². The number of nitrogens with one attached hydrogen (secondary N) is 1. The van der Waals surface area contributed by atoms with Gasteiger partial charge in [0.2, 0.25) is 5.91 Å². The number of benzene rings is 2. The molecule has 2 rings (SSSR count). The van der Waals surface area contributed by atoms with Crippen LogP contribution in [0, 0.1) is 0 Å². The second kappa shape index (κ2) is 8.17. The Morgan fingerprint density at radius 2 is 1.88 bits per heavy atom. The highest BCUT2D eigenvalue weighted by atomic mass is 79.9. The first-order valence-electron chi connectivity index (χ1n) is 7.09. The number of anilines is 2. The average molecular weight is 412 g/mol. The highest BCUT2D eigenvalue weighted by Gasteiger charge is 2.08. The van der Waals surface area contributed by atoms with Gasteiger partial charge in [0, 0.05) is 29.8 Å². The maximum Gasteiger partial charge on any atom is 0.262 e. The number of halogens is 2. The van der Waals surface area contributed by atoms with Gasteiger partial charge < -0.3 is 15.0 Å². The summed E-state index contributed by atoms with van der Waals surface area (Å²) in [5, 5.41) is 3.14. The number of hydrogen-bond donors (Lipinski definition) is 1. The van der Waals surface area contributed by atoms with Gasteiger partial charge in [-0.05, 0) is 42.5 Å². The van der Waals surface area contributed by atoms with Crippen molar-refractivity contribution in [2.45, 2.75) is 6.92 Å². The Morgan fingerprint density at radius 1 is 1.21 bits per heavy atom. The van der Waals surface area contributed by atoms with Crippen LogP contribution in [-0.4, -0.2) is 25.5 Å². The molecular weight excluding hydrogens is 396 g/mol. The Hall–Kier alpha value is -2.05. The third-order valence-corrected chi connectivity index (χ3v) is 4.05. The summed E-state index contributed by atoms with van der Waals surface area (Å²) in [6.45, 7) is 1.33. The smallest absolute Gasteiger partial charge is 0.262 e. The third kappa shape index (κ3) is 4.97. The Morgan fingerprint density at radius 3 is 2.46 bits per heavy atom. The number of carbonyl (C=O) groups is 2. The summed E-state index contributed by atoms with van der Waals surface area (Å²) < 4.78 is 6.23. The van der Waals surface area contributed by atoms with Crippen molar-refractivity contribution < 1.29 is 14.3 Å². The molecule has 0 aliphatic carbocycles. The molecule has 0 bridgehead atoms. The predicted molar refractivity (Wildman–Crippen MR) is 98.8 cm³/mol. The molecule has 126 valence electrons. The molecule has 0 radical (unpaired) electrons. The Balaban J connectivity index is 1.91. The van der Waals surface area contributed by atoms with Crippen molar-refractivity contribution in [2.24, 2.45) is 0 Å². The van der Waals surface area contributed by atoms with Crippen LogP contribution in [0.5, 0.6) is 5.75 Å². The second-order valence-electron chi connectivity index (χ2n) is 5.04. The van der Waals surface area contributed by atoms with Crippen LogP contribution in [0.2, 0.25) is 5.02 Å². The summed E-state index contributed by atoms with van der Waals surface area (Å²) in [7, 11) is 1.69. The van der Waals surface area contributed by atoms with Crippen LogP contribution < -0.4 is 15.0 Å². The van der Waals surface area contributed by atoms with E-state index in [-0.39, 0.29) is 18.4 Å². The van der Waals surface area contributed by atoms with Gasteiger partial charge >= 0.3 is 0 Å². The predicted octanol–water partition coefficient (Wildman–Crippen LogP) is 4.10. The van der Waals surface area contributed by atoms with Crippen molar-refractivity contribution in [2.75, 3.05) is 23.9 Å². The van der Waals surface area contributed by atoms with Gasteiger partial charge in [0.05, 0.1) is 5.02 Å². The highest BCUT2D eigenvalue weighted by molar-refractivity contribution is 9.10. The molecule has 0 saturated carbocycles. The average Bonchev–Trinajstić information content (AvgIpc) is 2.54. The lowest BCUT2D eigenvalue weighted by Gasteiger charge is -2.15. The SMILES string of the molecule is CC(=O)N(C)c1ccc(NC(=O)COc2ccc(Br)cc2Cl)cc1. The number of amides is 2. The zero-order valence-electron chi connectivity index (χ0n) is 13.2. The van der Waals surface area contributed by atoms with Crippen molar-refractivity contribution in [1.29, 1.82) is 0 Å². The quantitative estimate of drug-likeness (QED) is 0.806. The fourth-order valence-electron chi connectivity index (χ4n) is 1.88. The van der Waals surface area contributed by atoms with E-state index in [1.165, 1.54) is 11.8 Å². The van der Waals surface area contributed by atoms with E-state index < -0.39 is 0 Å². The van der Waals surface area contributed by atoms with Crippen LogP contribution in [0.15, 0.2) is 46.9 Å². The molecule has 5 nitrogen and oxygen atoms in total. The first-order valence-corrected chi connectivity index (χ1v) is 8.26. The van der Waals surface area contributed by atoms with Gasteiger partial charge in [-0.3, -0.25) is 9.59 Å². The van der Waals surface area contributed by atoms with Crippen LogP contribution in [0.4, 0.5) is 11.4 Å². The molecule has 0 atom stereocenters. The second-order valence-corrected chi connectivity index (χ2v) is 6.36. The molecule has 0 unspecified atom stereocenters. The van der Waals surface area contributed by atoms with Gasteiger partial charge in [0.25, 0.3) is 5.91 Å². The maximum absolute atomic E-state index is 11.9. The van der Waals surface area contributed by atoms with Crippen molar-refractivity contribution in [3.8, 4) is 5.75 Å². The summed E-state index contributed by atoms with van der Waals surface area (Å²) in [4.78, 5) is 24.8. The minimum absolute atomic E-state index is 0.0634. The first kappa shape index (κ1) is 18.3. The van der Waals surface area contributed by atoms with E-state index in [0.717, 1.165) is 10.2 Å². The molecule has 2 amide bonds. The lowest BCUT2D eigenvalue weighted by atomic mass is 10.2. The van der Waals surface area contributed by atoms with Crippen LogP contribution in [0.3, 0.4) is 0 Å². The number of nitrogens with zero attached hydrogens (tertiary/aromatic N) is 1. The monoisotopic (exact) mass is 410 g/mol. The van der Waals surface area contributed by atoms with Crippen LogP contribution >= 0.6 is 27.5 Å². The summed E-state index contributed by atoms with van der Waals surface area (Å²) in [5.41, 5.74) is 1.37. The molecule has 24 heavy (non-hydrogen) atoms. The van der Waals surface area contributed by atoms with Crippen molar-refractivity contribution >= 4 is 50.7 Å². The lowest BCUT2D eigenvalue weighted by Crippen LogP contribution is -2.23. The number of ether oxygens (including phenoxy) is 1. The van der Waals surface area contributed by atoms with Crippen LogP contribution in [0.1, 0.15) is 6.92 Å². The van der Waals surface area contributed by atoms with Crippen LogP contribution in [-0.2, 0) is 9.59 Å². The van der Waals surface area contributed by atoms with E-state index in [1.54, 1.807) is 49.5 Å². The fourth-order valence-corrected chi connectivity index (χ4v) is 2.61. The molecule has 0 spiro atoms. The minimum atomic E-state index is -0.304. The van der Waals surface area contributed by atoms with Gasteiger partial charge in [0.15, 0.2) is 6.61 Å². The normalized spacial score (nSPS) is 10.2. The molecule has 0 aliphatic rings. The topological polar surface area (TPSA) is 58.6 Å². The third-order valence-electron chi connectivity index (χ3n) is 3.26. The van der Waals surface area contributed by atoms with Gasteiger partial charge in [-0.1, -0.05) is 27.5 Å². The molecule has 0 aliphatic heterocycles. The molecule has 0 saturated heterocycles. The molecule has 2 aromatic rings. The number of hydrogen-bond acceptors (Lipinski definition) is 3. The first-order chi connectivity index (χ1) is 11.4. The van der Waals surface area contributed by atoms with Gasteiger partial charge in [-0.15, -0.1) is 0 Å². The highest BCUT2D eigenvalue weighted by Crippen LogP contribution is 2.27. The van der Waals surface area contributed by atoms with Gasteiger partial charge in [-0.2, -0.15) is 0 Å². The molecule has 0 aromatic heterocycles. The maximum atomic E-state index is 11.9. The van der Waals surface area contributed by atoms with Crippen LogP contribution in [0.25, 0.3) is 0 Å². The summed E-state index contributed by atoms with van der Waals surface area (Å²) >= 11 is 9.33. The molecule has 0 fully saturated rings.